The Morgan fingerprint density at radius 2 is 1.80 bits per heavy atom. The van der Waals surface area contributed by atoms with Crippen LogP contribution in [-0.4, -0.2) is 43.1 Å². The molecule has 2 atom stereocenters. The van der Waals surface area contributed by atoms with Gasteiger partial charge in [-0.15, -0.1) is 0 Å². The Balaban J connectivity index is 2.03. The summed E-state index contributed by atoms with van der Waals surface area (Å²) in [5.74, 6) is -0.907. The number of hydrogen-bond acceptors (Lipinski definition) is 5. The van der Waals surface area contributed by atoms with Crippen LogP contribution in [-0.2, 0) is 25.5 Å². The summed E-state index contributed by atoms with van der Waals surface area (Å²) in [4.78, 5) is 25.2. The molecular formula is C23H36N2O5. The maximum atomic E-state index is 12.9. The van der Waals surface area contributed by atoms with E-state index in [2.05, 4.69) is 5.32 Å². The molecule has 0 saturated heterocycles. The van der Waals surface area contributed by atoms with Gasteiger partial charge in [-0.1, -0.05) is 56.0 Å². The Morgan fingerprint density at radius 1 is 1.10 bits per heavy atom. The second-order valence-electron chi connectivity index (χ2n) is 7.97. The van der Waals surface area contributed by atoms with Gasteiger partial charge in [0, 0.05) is 18.4 Å². The van der Waals surface area contributed by atoms with Crippen LogP contribution >= 0.6 is 0 Å². The first kappa shape index (κ1) is 24.3. The lowest BCUT2D eigenvalue weighted by molar-refractivity contribution is -0.135. The molecule has 0 bridgehead atoms. The van der Waals surface area contributed by atoms with E-state index in [1.54, 1.807) is 5.48 Å². The molecule has 30 heavy (non-hydrogen) atoms. The average molecular weight is 421 g/mol. The largest absolute Gasteiger partial charge is 0.356 e. The smallest absolute Gasteiger partial charge is 0.246 e. The van der Waals surface area contributed by atoms with Gasteiger partial charge in [-0.25, -0.2) is 5.48 Å². The van der Waals surface area contributed by atoms with Gasteiger partial charge in [0.05, 0.1) is 12.6 Å². The monoisotopic (exact) mass is 420 g/mol. The van der Waals surface area contributed by atoms with Crippen molar-refractivity contribution in [2.45, 2.75) is 64.3 Å². The zero-order valence-corrected chi connectivity index (χ0v) is 18.0. The van der Waals surface area contributed by atoms with E-state index < -0.39 is 11.8 Å². The van der Waals surface area contributed by atoms with Gasteiger partial charge in [0.1, 0.15) is 6.79 Å². The van der Waals surface area contributed by atoms with E-state index in [9.17, 15) is 14.8 Å². The molecule has 3 N–H and O–H groups in total. The summed E-state index contributed by atoms with van der Waals surface area (Å²) < 4.78 is 10.8. The molecular weight excluding hydrogens is 384 g/mol. The lowest BCUT2D eigenvalue weighted by Gasteiger charge is -2.25. The maximum absolute atomic E-state index is 12.9. The first-order valence-corrected chi connectivity index (χ1v) is 11.1. The van der Waals surface area contributed by atoms with Crippen LogP contribution in [0.1, 0.15) is 57.4 Å². The number of ether oxygens (including phenoxy) is 2. The second kappa shape index (κ2) is 14.1. The van der Waals surface area contributed by atoms with E-state index in [0.717, 1.165) is 31.2 Å². The number of benzene rings is 1. The molecule has 1 aliphatic rings. The van der Waals surface area contributed by atoms with Crippen molar-refractivity contribution in [2.24, 2.45) is 11.8 Å². The van der Waals surface area contributed by atoms with Crippen LogP contribution in [0.3, 0.4) is 0 Å². The number of rotatable bonds is 12. The molecule has 0 spiro atoms. The van der Waals surface area contributed by atoms with Crippen molar-refractivity contribution in [3.63, 3.8) is 0 Å². The third kappa shape index (κ3) is 8.81. The lowest BCUT2D eigenvalue weighted by atomic mass is 9.91. The molecule has 7 nitrogen and oxygen atoms in total. The second-order valence-corrected chi connectivity index (χ2v) is 7.97. The van der Waals surface area contributed by atoms with E-state index in [1.165, 1.54) is 12.8 Å². The molecule has 1 aromatic rings. The zero-order chi connectivity index (χ0) is 21.6. The Morgan fingerprint density at radius 3 is 2.43 bits per heavy atom. The van der Waals surface area contributed by atoms with Crippen LogP contribution < -0.4 is 10.8 Å². The van der Waals surface area contributed by atoms with Crippen molar-refractivity contribution in [1.82, 2.24) is 10.8 Å². The summed E-state index contributed by atoms with van der Waals surface area (Å²) in [5.41, 5.74) is 2.77. The molecule has 1 aliphatic carbocycles. The minimum absolute atomic E-state index is 0.0149. The summed E-state index contributed by atoms with van der Waals surface area (Å²) in [7, 11) is 0. The van der Waals surface area contributed by atoms with Crippen molar-refractivity contribution in [1.29, 1.82) is 0 Å². The fourth-order valence-corrected chi connectivity index (χ4v) is 3.98. The SMILES string of the molecule is CCOCOCC(CC(Cc1ccccc1)C(=O)NO)NC(=O)C1CCCCCC1. The fraction of sp³-hybridized carbons (Fsp3) is 0.652. The van der Waals surface area contributed by atoms with Crippen molar-refractivity contribution < 1.29 is 24.3 Å². The molecule has 0 aliphatic heterocycles. The van der Waals surface area contributed by atoms with E-state index in [1.807, 2.05) is 37.3 Å². The summed E-state index contributed by atoms with van der Waals surface area (Å²) in [5, 5.41) is 12.3. The molecule has 0 heterocycles. The Kier molecular flexibility index (Phi) is 11.4. The van der Waals surface area contributed by atoms with Gasteiger partial charge in [0.15, 0.2) is 0 Å². The Labute approximate surface area is 179 Å². The minimum atomic E-state index is -0.493. The van der Waals surface area contributed by atoms with Gasteiger partial charge in [-0.2, -0.15) is 0 Å². The molecule has 0 aromatic heterocycles. The van der Waals surface area contributed by atoms with Crippen molar-refractivity contribution in [3.8, 4) is 0 Å². The zero-order valence-electron chi connectivity index (χ0n) is 18.0. The van der Waals surface area contributed by atoms with Gasteiger partial charge >= 0.3 is 0 Å². The summed E-state index contributed by atoms with van der Waals surface area (Å²) in [6.45, 7) is 2.82. The number of hydrogen-bond donors (Lipinski definition) is 3. The quantitative estimate of drug-likeness (QED) is 0.159. The number of carbonyl (C=O) groups is 2. The predicted molar refractivity (Wildman–Crippen MR) is 114 cm³/mol. The predicted octanol–water partition coefficient (Wildman–Crippen LogP) is 3.21. The molecule has 168 valence electrons. The van der Waals surface area contributed by atoms with Gasteiger partial charge < -0.3 is 14.8 Å². The molecule has 2 unspecified atom stereocenters. The van der Waals surface area contributed by atoms with E-state index in [-0.39, 0.29) is 31.3 Å². The third-order valence-corrected chi connectivity index (χ3v) is 5.64. The number of hydroxylamine groups is 1. The van der Waals surface area contributed by atoms with Gasteiger partial charge in [-0.05, 0) is 38.2 Å². The highest BCUT2D eigenvalue weighted by Crippen LogP contribution is 2.23. The maximum Gasteiger partial charge on any atom is 0.246 e. The highest BCUT2D eigenvalue weighted by molar-refractivity contribution is 5.80. The van der Waals surface area contributed by atoms with Crippen LogP contribution in [0.4, 0.5) is 0 Å². The molecule has 2 rings (SSSR count). The van der Waals surface area contributed by atoms with Crippen LogP contribution in [0.5, 0.6) is 0 Å². The molecule has 2 amide bonds. The Bertz CT molecular complexity index is 617. The standard InChI is InChI=1S/C23H36N2O5/c1-2-29-17-30-16-21(24-22(26)19-12-8-3-4-9-13-19)15-20(23(27)25-28)14-18-10-6-5-7-11-18/h5-7,10-11,19-21,28H,2-4,8-9,12-17H2,1H3,(H,24,26)(H,25,27). The normalized spacial score (nSPS) is 17.0. The average Bonchev–Trinajstić information content (AvgIpc) is 3.06. The summed E-state index contributed by atoms with van der Waals surface area (Å²) >= 11 is 0. The first-order chi connectivity index (χ1) is 14.6. The van der Waals surface area contributed by atoms with Gasteiger partial charge in [0.2, 0.25) is 11.8 Å². The van der Waals surface area contributed by atoms with Crippen molar-refractivity contribution in [3.05, 3.63) is 35.9 Å². The highest BCUT2D eigenvalue weighted by Gasteiger charge is 2.27. The third-order valence-electron chi connectivity index (χ3n) is 5.64. The molecule has 1 aromatic carbocycles. The Hall–Kier alpha value is -1.96. The number of carbonyl (C=O) groups excluding carboxylic acids is 2. The van der Waals surface area contributed by atoms with Gasteiger partial charge in [0.25, 0.3) is 0 Å². The topological polar surface area (TPSA) is 96.9 Å². The molecule has 1 fully saturated rings. The van der Waals surface area contributed by atoms with E-state index in [0.29, 0.717) is 19.4 Å². The van der Waals surface area contributed by atoms with Crippen LogP contribution in [0.15, 0.2) is 30.3 Å². The van der Waals surface area contributed by atoms with Gasteiger partial charge in [-0.3, -0.25) is 14.8 Å². The lowest BCUT2D eigenvalue weighted by Crippen LogP contribution is -2.44. The van der Waals surface area contributed by atoms with E-state index in [4.69, 9.17) is 9.47 Å². The van der Waals surface area contributed by atoms with Crippen molar-refractivity contribution >= 4 is 11.8 Å². The van der Waals surface area contributed by atoms with Crippen LogP contribution in [0.25, 0.3) is 0 Å². The molecule has 1 saturated carbocycles. The number of nitrogens with one attached hydrogen (secondary N) is 2. The van der Waals surface area contributed by atoms with E-state index >= 15 is 0 Å². The molecule has 7 heteroatoms. The minimum Gasteiger partial charge on any atom is -0.356 e. The van der Waals surface area contributed by atoms with Crippen molar-refractivity contribution in [2.75, 3.05) is 20.0 Å². The van der Waals surface area contributed by atoms with Crippen LogP contribution in [0.2, 0.25) is 0 Å². The van der Waals surface area contributed by atoms with Crippen LogP contribution in [0, 0.1) is 11.8 Å². The summed E-state index contributed by atoms with van der Waals surface area (Å²) in [6, 6.07) is 9.30. The highest BCUT2D eigenvalue weighted by atomic mass is 16.7. The molecule has 0 radical (unpaired) electrons. The summed E-state index contributed by atoms with van der Waals surface area (Å²) in [6.07, 6.45) is 7.16. The first-order valence-electron chi connectivity index (χ1n) is 11.1. The number of amides is 2. The fourth-order valence-electron chi connectivity index (χ4n) is 3.98.